The van der Waals surface area contributed by atoms with Gasteiger partial charge in [-0.3, -0.25) is 4.79 Å². The minimum Gasteiger partial charge on any atom is -0.481 e. The van der Waals surface area contributed by atoms with Gasteiger partial charge in [-0.05, 0) is 0 Å². The Balaban J connectivity index is 0.000000180. The third-order valence-electron chi connectivity index (χ3n) is 0.696. The Kier molecular flexibility index (Phi) is 4.02. The predicted molar refractivity (Wildman–Crippen MR) is 34.7 cm³/mol. The first-order valence-electron chi connectivity index (χ1n) is 2.84. The van der Waals surface area contributed by atoms with Gasteiger partial charge in [-0.1, -0.05) is 0 Å². The Morgan fingerprint density at radius 2 is 1.80 bits per heavy atom. The lowest BCUT2D eigenvalue weighted by Crippen LogP contribution is -2.20. The summed E-state index contributed by atoms with van der Waals surface area (Å²) in [5.74, 6) is -0.833. The van der Waals surface area contributed by atoms with Crippen molar-refractivity contribution in [2.75, 3.05) is 13.1 Å². The van der Waals surface area contributed by atoms with Crippen LogP contribution in [0, 0.1) is 0 Å². The van der Waals surface area contributed by atoms with Gasteiger partial charge in [0.2, 0.25) is 0 Å². The van der Waals surface area contributed by atoms with E-state index < -0.39 is 5.97 Å². The molecule has 0 aromatic heterocycles. The van der Waals surface area contributed by atoms with Crippen LogP contribution < -0.4 is 10.6 Å². The maximum atomic E-state index is 10.0. The number of carboxylic acid groups (broad SMARTS) is 1. The van der Waals surface area contributed by atoms with E-state index in [1.807, 2.05) is 0 Å². The number of carbonyl (C=O) groups is 2. The monoisotopic (exact) mass is 146 g/mol. The highest BCUT2D eigenvalue weighted by Gasteiger charge is 2.02. The lowest BCUT2D eigenvalue weighted by atomic mass is 10.7. The van der Waals surface area contributed by atoms with Gasteiger partial charge in [-0.25, -0.2) is 4.79 Å². The summed E-state index contributed by atoms with van der Waals surface area (Å²) in [7, 11) is 0. The van der Waals surface area contributed by atoms with E-state index in [1.54, 1.807) is 0 Å². The SMILES string of the molecule is CC(=O)O.O=C1NCCN1. The van der Waals surface area contributed by atoms with Crippen molar-refractivity contribution in [2.24, 2.45) is 0 Å². The molecular formula is C5H10N2O3. The molecule has 3 N–H and O–H groups in total. The average Bonchev–Trinajstić information content (AvgIpc) is 2.15. The van der Waals surface area contributed by atoms with Crippen LogP contribution in [0.15, 0.2) is 0 Å². The third kappa shape index (κ3) is 6.74. The smallest absolute Gasteiger partial charge is 0.314 e. The van der Waals surface area contributed by atoms with E-state index in [0.29, 0.717) is 0 Å². The maximum absolute atomic E-state index is 10.0. The zero-order valence-corrected chi connectivity index (χ0v) is 5.68. The highest BCUT2D eigenvalue weighted by molar-refractivity contribution is 5.75. The van der Waals surface area contributed by atoms with Gasteiger partial charge < -0.3 is 15.7 Å². The summed E-state index contributed by atoms with van der Waals surface area (Å²) in [6.45, 7) is 2.64. The summed E-state index contributed by atoms with van der Waals surface area (Å²) in [5.41, 5.74) is 0. The van der Waals surface area contributed by atoms with E-state index in [9.17, 15) is 4.79 Å². The summed E-state index contributed by atoms with van der Waals surface area (Å²) in [5, 5.41) is 12.6. The van der Waals surface area contributed by atoms with Crippen molar-refractivity contribution in [3.05, 3.63) is 0 Å². The van der Waals surface area contributed by atoms with Crippen molar-refractivity contribution < 1.29 is 14.7 Å². The molecule has 0 aromatic carbocycles. The van der Waals surface area contributed by atoms with Gasteiger partial charge in [-0.15, -0.1) is 0 Å². The fourth-order valence-corrected chi connectivity index (χ4v) is 0.415. The highest BCUT2D eigenvalue weighted by Crippen LogP contribution is 1.69. The summed E-state index contributed by atoms with van der Waals surface area (Å²) in [6.07, 6.45) is 0. The Morgan fingerprint density at radius 3 is 1.90 bits per heavy atom. The van der Waals surface area contributed by atoms with Crippen molar-refractivity contribution in [1.29, 1.82) is 0 Å². The van der Waals surface area contributed by atoms with Crippen LogP contribution in [0.25, 0.3) is 0 Å². The van der Waals surface area contributed by atoms with E-state index >= 15 is 0 Å². The summed E-state index contributed by atoms with van der Waals surface area (Å²) < 4.78 is 0. The number of rotatable bonds is 0. The Labute approximate surface area is 58.4 Å². The molecule has 1 saturated heterocycles. The minimum atomic E-state index is -0.833. The molecule has 58 valence electrons. The zero-order valence-electron chi connectivity index (χ0n) is 5.68. The molecule has 5 heteroatoms. The second kappa shape index (κ2) is 4.60. The Bertz CT molecular complexity index is 123. The van der Waals surface area contributed by atoms with Crippen molar-refractivity contribution in [3.8, 4) is 0 Å². The molecule has 1 aliphatic heterocycles. The topological polar surface area (TPSA) is 78.4 Å². The van der Waals surface area contributed by atoms with E-state index in [-0.39, 0.29) is 6.03 Å². The lowest BCUT2D eigenvalue weighted by molar-refractivity contribution is -0.134. The van der Waals surface area contributed by atoms with Crippen molar-refractivity contribution in [1.82, 2.24) is 10.6 Å². The average molecular weight is 146 g/mol. The quantitative estimate of drug-likeness (QED) is 0.426. The molecule has 0 aliphatic carbocycles. The zero-order chi connectivity index (χ0) is 7.98. The fraction of sp³-hybridized carbons (Fsp3) is 0.600. The van der Waals surface area contributed by atoms with Crippen molar-refractivity contribution >= 4 is 12.0 Å². The van der Waals surface area contributed by atoms with E-state index in [0.717, 1.165) is 20.0 Å². The lowest BCUT2D eigenvalue weighted by Gasteiger charge is -1.80. The second-order valence-corrected chi connectivity index (χ2v) is 1.70. The maximum Gasteiger partial charge on any atom is 0.314 e. The minimum absolute atomic E-state index is 0.0463. The molecule has 0 radical (unpaired) electrons. The Hall–Kier alpha value is -1.26. The molecule has 0 saturated carbocycles. The van der Waals surface area contributed by atoms with E-state index in [1.165, 1.54) is 0 Å². The first kappa shape index (κ1) is 8.74. The number of hydrogen-bond donors (Lipinski definition) is 3. The fourth-order valence-electron chi connectivity index (χ4n) is 0.415. The molecule has 0 bridgehead atoms. The molecule has 0 unspecified atom stereocenters. The molecule has 2 amide bonds. The molecule has 0 atom stereocenters. The van der Waals surface area contributed by atoms with Gasteiger partial charge in [-0.2, -0.15) is 0 Å². The van der Waals surface area contributed by atoms with Gasteiger partial charge >= 0.3 is 6.03 Å². The number of urea groups is 1. The molecule has 5 nitrogen and oxygen atoms in total. The summed E-state index contributed by atoms with van der Waals surface area (Å²) >= 11 is 0. The van der Waals surface area contributed by atoms with Crippen LogP contribution >= 0.6 is 0 Å². The third-order valence-corrected chi connectivity index (χ3v) is 0.696. The van der Waals surface area contributed by atoms with Gasteiger partial charge in [0, 0.05) is 20.0 Å². The van der Waals surface area contributed by atoms with E-state index in [4.69, 9.17) is 9.90 Å². The summed E-state index contributed by atoms with van der Waals surface area (Å²) in [4.78, 5) is 19.0. The van der Waals surface area contributed by atoms with Crippen molar-refractivity contribution in [2.45, 2.75) is 6.92 Å². The molecule has 1 aliphatic rings. The normalized spacial score (nSPS) is 14.3. The highest BCUT2D eigenvalue weighted by atomic mass is 16.4. The molecule has 1 rings (SSSR count). The molecule has 10 heavy (non-hydrogen) atoms. The van der Waals surface area contributed by atoms with Crippen molar-refractivity contribution in [3.63, 3.8) is 0 Å². The van der Waals surface area contributed by atoms with Gasteiger partial charge in [0.25, 0.3) is 5.97 Å². The number of hydrogen-bond acceptors (Lipinski definition) is 2. The number of amides is 2. The predicted octanol–water partition coefficient (Wildman–Crippen LogP) is -0.610. The van der Waals surface area contributed by atoms with Gasteiger partial charge in [0.15, 0.2) is 0 Å². The number of nitrogens with one attached hydrogen (secondary N) is 2. The number of aliphatic carboxylic acids is 1. The van der Waals surface area contributed by atoms with Crippen LogP contribution in [-0.4, -0.2) is 30.2 Å². The van der Waals surface area contributed by atoms with Crippen LogP contribution in [0.2, 0.25) is 0 Å². The van der Waals surface area contributed by atoms with Crippen LogP contribution in [0.5, 0.6) is 0 Å². The van der Waals surface area contributed by atoms with Crippen LogP contribution in [0.3, 0.4) is 0 Å². The van der Waals surface area contributed by atoms with Gasteiger partial charge in [0.1, 0.15) is 0 Å². The largest absolute Gasteiger partial charge is 0.481 e. The first-order chi connectivity index (χ1) is 4.63. The molecule has 1 heterocycles. The van der Waals surface area contributed by atoms with Gasteiger partial charge in [0.05, 0.1) is 0 Å². The second-order valence-electron chi connectivity index (χ2n) is 1.70. The molecule has 1 fully saturated rings. The van der Waals surface area contributed by atoms with E-state index in [2.05, 4.69) is 10.6 Å². The number of carbonyl (C=O) groups excluding carboxylic acids is 1. The first-order valence-corrected chi connectivity index (χ1v) is 2.84. The number of carboxylic acids is 1. The van der Waals surface area contributed by atoms with Crippen LogP contribution in [-0.2, 0) is 4.79 Å². The standard InChI is InChI=1S/C3H6N2O.C2H4O2/c6-3-4-1-2-5-3;1-2(3)4/h1-2H2,(H2,4,5,6);1H3,(H,3,4). The molecule has 0 spiro atoms. The molecular weight excluding hydrogens is 136 g/mol. The molecule has 0 aromatic rings. The Morgan fingerprint density at radius 1 is 1.50 bits per heavy atom. The summed E-state index contributed by atoms with van der Waals surface area (Å²) in [6, 6.07) is -0.0463. The van der Waals surface area contributed by atoms with Crippen LogP contribution in [0.4, 0.5) is 4.79 Å². The van der Waals surface area contributed by atoms with Crippen LogP contribution in [0.1, 0.15) is 6.92 Å².